The molecule has 0 radical (unpaired) electrons. The van der Waals surface area contributed by atoms with E-state index in [-0.39, 0.29) is 34.6 Å². The Labute approximate surface area is 367 Å². The van der Waals surface area contributed by atoms with Gasteiger partial charge in [0.2, 0.25) is 0 Å². The Kier molecular flexibility index (Phi) is 14.2. The van der Waals surface area contributed by atoms with Gasteiger partial charge in [0.25, 0.3) is 0 Å². The lowest BCUT2D eigenvalue weighted by molar-refractivity contribution is -0.113. The quantitative estimate of drug-likeness (QED) is 0.0973. The molecule has 0 saturated carbocycles. The van der Waals surface area contributed by atoms with Crippen molar-refractivity contribution in [2.45, 2.75) is 125 Å². The molecule has 3 aromatic carbocycles. The summed E-state index contributed by atoms with van der Waals surface area (Å²) in [6.07, 6.45) is 3.87. The van der Waals surface area contributed by atoms with Crippen molar-refractivity contribution in [3.63, 3.8) is 0 Å². The summed E-state index contributed by atoms with van der Waals surface area (Å²) in [5.74, 6) is -0.321. The predicted molar refractivity (Wildman–Crippen MR) is 259 cm³/mol. The monoisotopic (exact) mass is 842 g/mol. The van der Waals surface area contributed by atoms with Crippen LogP contribution in [0.4, 0.5) is 0 Å². The van der Waals surface area contributed by atoms with Gasteiger partial charge in [-0.3, -0.25) is 14.4 Å². The number of aliphatic hydroxyl groups excluding tert-OH is 3. The third-order valence-electron chi connectivity index (χ3n) is 13.6. The summed E-state index contributed by atoms with van der Waals surface area (Å²) in [4.78, 5) is 37.2. The molecule has 0 spiro atoms. The average Bonchev–Trinajstić information content (AvgIpc) is 3.77. The van der Waals surface area contributed by atoms with Gasteiger partial charge in [-0.15, -0.1) is 0 Å². The van der Waals surface area contributed by atoms with E-state index in [1.807, 2.05) is 34.9 Å². The zero-order valence-electron chi connectivity index (χ0n) is 40.7. The molecule has 0 unspecified atom stereocenters. The highest BCUT2D eigenvalue weighted by atomic mass is 16.3. The number of aryl methyl sites for hydroxylation is 9. The Bertz CT molecular complexity index is 2830. The Morgan fingerprint density at radius 3 is 1.00 bits per heavy atom. The van der Waals surface area contributed by atoms with Gasteiger partial charge in [-0.25, -0.2) is 0 Å². The Hall–Kier alpha value is -6.09. The number of H-pyrrole nitrogens is 1. The van der Waals surface area contributed by atoms with E-state index in [9.17, 15) is 29.7 Å². The molecule has 9 heteroatoms. The number of ketones is 3. The second-order valence-corrected chi connectivity index (χ2v) is 17.3. The number of carbonyl (C=O) groups excluding carboxylic acids is 3. The molecule has 0 aliphatic carbocycles. The standard InChI is InChI=1S/2C18H23NO2.C17H21NO2/c2*1-9(20)8-15(21)17-14(6)19(7)18-13(5)11(3)10(2)12(4)16(17)18;1-8(19)7-14(20)16-13(6)18-17-12(5)10(3)9(2)11(4)15(16)17/h2*8,21H,1-7H3;7,18,20H,1-6H3. The van der Waals surface area contributed by atoms with Gasteiger partial charge in [-0.05, 0) is 191 Å². The smallest absolute Gasteiger partial charge is 0.156 e. The Morgan fingerprint density at radius 1 is 0.403 bits per heavy atom. The molecule has 62 heavy (non-hydrogen) atoms. The van der Waals surface area contributed by atoms with Gasteiger partial charge < -0.3 is 29.4 Å². The number of fused-ring (bicyclic) bond motifs is 3. The second kappa shape index (κ2) is 18.1. The number of nitrogens with zero attached hydrogens (tertiary/aromatic N) is 2. The normalized spacial score (nSPS) is 12.2. The van der Waals surface area contributed by atoms with Crippen LogP contribution in [-0.2, 0) is 28.5 Å². The fourth-order valence-corrected chi connectivity index (χ4v) is 9.03. The van der Waals surface area contributed by atoms with Crippen LogP contribution in [0.25, 0.3) is 50.0 Å². The van der Waals surface area contributed by atoms with E-state index >= 15 is 0 Å². The van der Waals surface area contributed by atoms with Crippen LogP contribution in [0, 0.1) is 104 Å². The lowest BCUT2D eigenvalue weighted by Crippen LogP contribution is -1.97. The maximum Gasteiger partial charge on any atom is 0.156 e. The van der Waals surface area contributed by atoms with Crippen LogP contribution in [-0.4, -0.2) is 46.8 Å². The van der Waals surface area contributed by atoms with Gasteiger partial charge in [0.05, 0.1) is 11.0 Å². The molecule has 0 fully saturated rings. The van der Waals surface area contributed by atoms with E-state index in [4.69, 9.17) is 0 Å². The number of aromatic amines is 1. The first-order valence-corrected chi connectivity index (χ1v) is 21.1. The summed E-state index contributed by atoms with van der Waals surface area (Å²) in [5.41, 5.74) is 23.0. The first-order chi connectivity index (χ1) is 28.6. The third-order valence-corrected chi connectivity index (χ3v) is 13.6. The summed E-state index contributed by atoms with van der Waals surface area (Å²) in [6, 6.07) is 0. The topological polar surface area (TPSA) is 138 Å². The maximum absolute atomic E-state index is 11.3. The van der Waals surface area contributed by atoms with Gasteiger partial charge in [-0.2, -0.15) is 0 Å². The van der Waals surface area contributed by atoms with Gasteiger partial charge in [0.1, 0.15) is 17.3 Å². The van der Waals surface area contributed by atoms with Crippen molar-refractivity contribution in [3.05, 3.63) is 119 Å². The number of aliphatic hydroxyl groups is 3. The predicted octanol–water partition coefficient (Wildman–Crippen LogP) is 12.6. The minimum absolute atomic E-state index is 0.0343. The van der Waals surface area contributed by atoms with E-state index in [0.717, 1.165) is 83.2 Å². The van der Waals surface area contributed by atoms with E-state index in [2.05, 4.69) is 97.2 Å². The van der Waals surface area contributed by atoms with Gasteiger partial charge in [0.15, 0.2) is 17.3 Å². The van der Waals surface area contributed by atoms with Crippen LogP contribution in [0.1, 0.15) is 121 Å². The van der Waals surface area contributed by atoms with Crippen molar-refractivity contribution >= 4 is 67.3 Å². The summed E-state index contributed by atoms with van der Waals surface area (Å²) >= 11 is 0. The van der Waals surface area contributed by atoms with E-state index < -0.39 is 0 Å². The van der Waals surface area contributed by atoms with Crippen LogP contribution in [0.15, 0.2) is 18.2 Å². The first kappa shape index (κ1) is 48.6. The third kappa shape index (κ3) is 8.42. The minimum atomic E-state index is -0.158. The Morgan fingerprint density at radius 2 is 0.677 bits per heavy atom. The number of rotatable bonds is 6. The van der Waals surface area contributed by atoms with Crippen molar-refractivity contribution in [1.29, 1.82) is 0 Å². The van der Waals surface area contributed by atoms with E-state index in [0.29, 0.717) is 0 Å². The number of allylic oxidation sites excluding steroid dienone is 3. The average molecular weight is 842 g/mol. The number of benzene rings is 3. The summed E-state index contributed by atoms with van der Waals surface area (Å²) in [5, 5.41) is 34.1. The highest BCUT2D eigenvalue weighted by Gasteiger charge is 2.24. The molecular weight excluding hydrogens is 775 g/mol. The van der Waals surface area contributed by atoms with Gasteiger partial charge >= 0.3 is 0 Å². The highest BCUT2D eigenvalue weighted by molar-refractivity contribution is 6.05. The molecule has 4 N–H and O–H groups in total. The van der Waals surface area contributed by atoms with E-state index in [1.54, 1.807) is 0 Å². The molecule has 0 saturated heterocycles. The molecule has 9 nitrogen and oxygen atoms in total. The molecular formula is C53H67N3O6. The summed E-state index contributed by atoms with van der Waals surface area (Å²) in [6.45, 7) is 35.4. The molecule has 0 aliphatic rings. The SMILES string of the molecule is CC(=O)C=C(O)c1c(C)[nH]c2c(C)c(C)c(C)c(C)c12.CC(=O)C=C(O)c1c(C)n(C)c2c(C)c(C)c(C)c(C)c12.CC(=O)C=C(O)c1c(C)n(C)c2c(C)c(C)c(C)c(C)c12. The lowest BCUT2D eigenvalue weighted by atomic mass is 9.93. The van der Waals surface area contributed by atoms with Crippen molar-refractivity contribution in [3.8, 4) is 0 Å². The van der Waals surface area contributed by atoms with Crippen molar-refractivity contribution in [2.75, 3.05) is 0 Å². The van der Waals surface area contributed by atoms with Crippen molar-refractivity contribution in [1.82, 2.24) is 14.1 Å². The molecule has 0 amide bonds. The summed E-state index contributed by atoms with van der Waals surface area (Å²) < 4.78 is 4.20. The largest absolute Gasteiger partial charge is 0.507 e. The van der Waals surface area contributed by atoms with Gasteiger partial charge in [0, 0.05) is 87.8 Å². The lowest BCUT2D eigenvalue weighted by Gasteiger charge is -2.13. The fraction of sp³-hybridized carbons (Fsp3) is 0.377. The minimum Gasteiger partial charge on any atom is -0.507 e. The van der Waals surface area contributed by atoms with Crippen LogP contribution in [0.2, 0.25) is 0 Å². The zero-order chi connectivity index (χ0) is 47.3. The zero-order valence-corrected chi connectivity index (χ0v) is 40.7. The molecule has 6 rings (SSSR count). The number of carbonyl (C=O) groups is 3. The molecule has 0 aliphatic heterocycles. The highest BCUT2D eigenvalue weighted by Crippen LogP contribution is 2.39. The number of hydrogen-bond donors (Lipinski definition) is 4. The van der Waals surface area contributed by atoms with Crippen molar-refractivity contribution in [2.24, 2.45) is 14.1 Å². The molecule has 0 atom stereocenters. The molecule has 3 aromatic heterocycles. The van der Waals surface area contributed by atoms with Crippen LogP contribution in [0.3, 0.4) is 0 Å². The maximum atomic E-state index is 11.3. The summed E-state index contributed by atoms with van der Waals surface area (Å²) in [7, 11) is 4.01. The molecule has 6 aromatic rings. The molecule has 0 bridgehead atoms. The number of hydrogen-bond acceptors (Lipinski definition) is 6. The van der Waals surface area contributed by atoms with E-state index in [1.165, 1.54) is 89.1 Å². The van der Waals surface area contributed by atoms with Crippen molar-refractivity contribution < 1.29 is 29.7 Å². The number of aromatic nitrogens is 3. The second-order valence-electron chi connectivity index (χ2n) is 17.3. The van der Waals surface area contributed by atoms with Crippen LogP contribution in [0.5, 0.6) is 0 Å². The van der Waals surface area contributed by atoms with Gasteiger partial charge in [-0.1, -0.05) is 0 Å². The molecule has 330 valence electrons. The Balaban J connectivity index is 0.000000205. The fourth-order valence-electron chi connectivity index (χ4n) is 9.03. The van der Waals surface area contributed by atoms with Crippen LogP contribution >= 0.6 is 0 Å². The van der Waals surface area contributed by atoms with Crippen LogP contribution < -0.4 is 0 Å². The number of nitrogens with one attached hydrogen (secondary N) is 1. The molecule has 3 heterocycles. The first-order valence-electron chi connectivity index (χ1n) is 21.1.